The van der Waals surface area contributed by atoms with Crippen LogP contribution in [0.4, 0.5) is 0 Å². The fourth-order valence-electron chi connectivity index (χ4n) is 4.19. The van der Waals surface area contributed by atoms with Crippen LogP contribution >= 0.6 is 7.82 Å². The highest BCUT2D eigenvalue weighted by molar-refractivity contribution is 7.47. The molecule has 8 heteroatoms. The largest absolute Gasteiger partial charge is 0.472 e. The van der Waals surface area contributed by atoms with Crippen molar-refractivity contribution in [3.05, 3.63) is 0 Å². The summed E-state index contributed by atoms with van der Waals surface area (Å²) in [6.07, 6.45) is 21.1. The first kappa shape index (κ1) is 35.5. The molecule has 0 saturated heterocycles. The minimum absolute atomic E-state index is 0.0406. The minimum Gasteiger partial charge on any atom is -0.463 e. The fourth-order valence-corrected chi connectivity index (χ4v) is 4.89. The second kappa shape index (κ2) is 22.5. The maximum absolute atomic E-state index is 12.5. The van der Waals surface area contributed by atoms with E-state index in [2.05, 4.69) is 13.8 Å². The molecule has 0 aliphatic carbocycles. The van der Waals surface area contributed by atoms with Gasteiger partial charge in [0, 0.05) is 0 Å². The lowest BCUT2D eigenvalue weighted by molar-refractivity contribution is -0.870. The number of nitrogens with zero attached hydrogens (tertiary/aromatic N) is 1. The first-order chi connectivity index (χ1) is 17.1. The Balaban J connectivity index is 3.82. The van der Waals surface area contributed by atoms with Crippen molar-refractivity contribution < 1.29 is 32.5 Å². The van der Waals surface area contributed by atoms with E-state index in [1.807, 2.05) is 21.1 Å². The van der Waals surface area contributed by atoms with E-state index in [0.717, 1.165) is 32.1 Å². The molecule has 0 aliphatic rings. The van der Waals surface area contributed by atoms with Crippen LogP contribution in [0.2, 0.25) is 0 Å². The van der Waals surface area contributed by atoms with Gasteiger partial charge in [-0.15, -0.1) is 0 Å². The van der Waals surface area contributed by atoms with Crippen LogP contribution in [-0.2, 0) is 23.1 Å². The van der Waals surface area contributed by atoms with E-state index in [1.165, 1.54) is 77.0 Å². The summed E-state index contributed by atoms with van der Waals surface area (Å²) in [6, 6.07) is 0. The van der Waals surface area contributed by atoms with E-state index in [1.54, 1.807) is 0 Å². The molecule has 2 unspecified atom stereocenters. The number of likely N-dealkylation sites (N-methyl/N-ethyl adjacent to an activating group) is 1. The Bertz CT molecular complexity index is 567. The highest BCUT2D eigenvalue weighted by Gasteiger charge is 2.23. The van der Waals surface area contributed by atoms with Gasteiger partial charge in [0.25, 0.3) is 0 Å². The van der Waals surface area contributed by atoms with Crippen molar-refractivity contribution in [1.29, 1.82) is 0 Å². The Morgan fingerprint density at radius 2 is 1.17 bits per heavy atom. The van der Waals surface area contributed by atoms with Gasteiger partial charge in [-0.05, 0) is 12.8 Å². The summed E-state index contributed by atoms with van der Waals surface area (Å²) >= 11 is 0. The van der Waals surface area contributed by atoms with Gasteiger partial charge in [0.15, 0.2) is 0 Å². The molecule has 36 heavy (non-hydrogen) atoms. The van der Waals surface area contributed by atoms with Crippen LogP contribution in [0.15, 0.2) is 0 Å². The van der Waals surface area contributed by atoms with Crippen molar-refractivity contribution in [2.75, 3.05) is 47.5 Å². The van der Waals surface area contributed by atoms with Crippen molar-refractivity contribution in [2.24, 2.45) is 5.92 Å². The van der Waals surface area contributed by atoms with Crippen molar-refractivity contribution in [1.82, 2.24) is 0 Å². The van der Waals surface area contributed by atoms with Crippen LogP contribution < -0.4 is 0 Å². The molecule has 0 fully saturated rings. The first-order valence-corrected chi connectivity index (χ1v) is 16.2. The number of phosphoric acid groups is 1. The Morgan fingerprint density at radius 3 is 1.64 bits per heavy atom. The van der Waals surface area contributed by atoms with Gasteiger partial charge in [-0.1, -0.05) is 110 Å². The fraction of sp³-hybridized carbons (Fsp3) is 0.964. The molecule has 0 heterocycles. The Hall–Kier alpha value is -0.460. The minimum atomic E-state index is -4.12. The number of rotatable bonds is 26. The summed E-state index contributed by atoms with van der Waals surface area (Å²) in [7, 11) is 1.79. The summed E-state index contributed by atoms with van der Waals surface area (Å²) in [4.78, 5) is 22.2. The van der Waals surface area contributed by atoms with Gasteiger partial charge in [-0.25, -0.2) is 4.57 Å². The average molecular weight is 537 g/mol. The average Bonchev–Trinajstić information content (AvgIpc) is 2.80. The molecule has 0 aliphatic heterocycles. The highest BCUT2D eigenvalue weighted by Crippen LogP contribution is 2.42. The summed E-state index contributed by atoms with van der Waals surface area (Å²) < 4.78 is 27.7. The van der Waals surface area contributed by atoms with E-state index in [4.69, 9.17) is 13.8 Å². The smallest absolute Gasteiger partial charge is 0.463 e. The van der Waals surface area contributed by atoms with Crippen LogP contribution in [0.3, 0.4) is 0 Å². The molecular weight excluding hydrogens is 477 g/mol. The SMILES string of the molecule is CCCCCCCCCCCCCCCCC(CCC)C(=O)OCCOP(=O)(O)OCC[N+](C)(C)C. The lowest BCUT2D eigenvalue weighted by Crippen LogP contribution is -2.37. The van der Waals surface area contributed by atoms with Crippen LogP contribution in [0.1, 0.15) is 123 Å². The Kier molecular flexibility index (Phi) is 22.2. The van der Waals surface area contributed by atoms with Crippen LogP contribution in [0.25, 0.3) is 0 Å². The van der Waals surface area contributed by atoms with Gasteiger partial charge < -0.3 is 14.1 Å². The molecule has 0 aromatic rings. The van der Waals surface area contributed by atoms with Crippen LogP contribution in [-0.4, -0.2) is 62.9 Å². The zero-order valence-corrected chi connectivity index (χ0v) is 25.2. The van der Waals surface area contributed by atoms with Crippen LogP contribution in [0, 0.1) is 5.92 Å². The number of hydrogen-bond acceptors (Lipinski definition) is 5. The van der Waals surface area contributed by atoms with Crippen molar-refractivity contribution >= 4 is 13.8 Å². The number of ether oxygens (including phenoxy) is 1. The normalized spacial score (nSPS) is 14.5. The molecule has 0 radical (unpaired) electrons. The Labute approximate surface area is 222 Å². The van der Waals surface area contributed by atoms with Gasteiger partial charge >= 0.3 is 13.8 Å². The number of esters is 1. The van der Waals surface area contributed by atoms with Gasteiger partial charge in [-0.2, -0.15) is 0 Å². The van der Waals surface area contributed by atoms with E-state index in [0.29, 0.717) is 11.0 Å². The summed E-state index contributed by atoms with van der Waals surface area (Å²) in [5.41, 5.74) is 0. The molecule has 216 valence electrons. The summed E-state index contributed by atoms with van der Waals surface area (Å²) in [5.74, 6) is -0.331. The molecule has 0 rings (SSSR count). The van der Waals surface area contributed by atoms with Gasteiger partial charge in [-0.3, -0.25) is 13.8 Å². The van der Waals surface area contributed by atoms with E-state index < -0.39 is 7.82 Å². The standard InChI is InChI=1S/C28H58NO6P/c1-6-8-9-10-11-12-13-14-15-16-17-18-19-20-22-27(21-7-2)28(30)33-25-26-35-36(31,32)34-24-23-29(3,4)5/h27H,6-26H2,1-5H3/p+1. The molecule has 0 spiro atoms. The second-order valence-electron chi connectivity index (χ2n) is 11.2. The predicted molar refractivity (Wildman–Crippen MR) is 149 cm³/mol. The second-order valence-corrected chi connectivity index (χ2v) is 12.6. The zero-order valence-electron chi connectivity index (χ0n) is 24.3. The van der Waals surface area contributed by atoms with E-state index in [9.17, 15) is 14.3 Å². The number of phosphoric ester groups is 1. The lowest BCUT2D eigenvalue weighted by atomic mass is 9.96. The summed E-state index contributed by atoms with van der Waals surface area (Å²) in [5, 5.41) is 0. The topological polar surface area (TPSA) is 82.1 Å². The third-order valence-electron chi connectivity index (χ3n) is 6.48. The number of hydrogen-bond donors (Lipinski definition) is 1. The van der Waals surface area contributed by atoms with E-state index in [-0.39, 0.29) is 31.7 Å². The molecule has 0 aromatic carbocycles. The number of unbranched alkanes of at least 4 members (excludes halogenated alkanes) is 13. The van der Waals surface area contributed by atoms with Gasteiger partial charge in [0.2, 0.25) is 0 Å². The zero-order chi connectivity index (χ0) is 27.1. The van der Waals surface area contributed by atoms with Crippen molar-refractivity contribution in [3.8, 4) is 0 Å². The molecule has 0 bridgehead atoms. The molecule has 2 atom stereocenters. The Morgan fingerprint density at radius 1 is 0.694 bits per heavy atom. The monoisotopic (exact) mass is 536 g/mol. The number of carbonyl (C=O) groups is 1. The highest BCUT2D eigenvalue weighted by atomic mass is 31.2. The van der Waals surface area contributed by atoms with Crippen molar-refractivity contribution in [3.63, 3.8) is 0 Å². The third kappa shape index (κ3) is 23.9. The maximum atomic E-state index is 12.5. The predicted octanol–water partition coefficient (Wildman–Crippen LogP) is 7.66. The molecular formula is C28H59NO6P+. The van der Waals surface area contributed by atoms with E-state index >= 15 is 0 Å². The number of quaternary nitrogens is 1. The molecule has 0 saturated carbocycles. The molecule has 0 amide bonds. The van der Waals surface area contributed by atoms with Gasteiger partial charge in [0.05, 0.1) is 33.7 Å². The van der Waals surface area contributed by atoms with Gasteiger partial charge in [0.1, 0.15) is 19.8 Å². The molecule has 7 nitrogen and oxygen atoms in total. The quantitative estimate of drug-likeness (QED) is 0.0529. The third-order valence-corrected chi connectivity index (χ3v) is 7.49. The molecule has 1 N–H and O–H groups in total. The van der Waals surface area contributed by atoms with Crippen molar-refractivity contribution in [2.45, 2.75) is 123 Å². The maximum Gasteiger partial charge on any atom is 0.472 e. The first-order valence-electron chi connectivity index (χ1n) is 14.7. The summed E-state index contributed by atoms with van der Waals surface area (Å²) in [6.45, 7) is 4.85. The number of carbonyl (C=O) groups excluding carboxylic acids is 1. The lowest BCUT2D eigenvalue weighted by Gasteiger charge is -2.24. The molecule has 0 aromatic heterocycles. The van der Waals surface area contributed by atoms with Crippen LogP contribution in [0.5, 0.6) is 0 Å².